The molecular weight excluding hydrogens is 441 g/mol. The SMILES string of the molecule is CC1(C)O[C@@H]2[C@@H]([C@@H]3OC(=O)c4cc(Cl)ccc43)C[C@@H](n3ccc4c(Cl)ncnc43)[C@@H]2O1. The number of ether oxygens (including phenoxy) is 3. The van der Waals surface area contributed by atoms with Gasteiger partial charge in [0.15, 0.2) is 5.79 Å². The Morgan fingerprint density at radius 1 is 1.13 bits per heavy atom. The first-order valence-electron chi connectivity index (χ1n) is 10.2. The fourth-order valence-electron chi connectivity index (χ4n) is 5.28. The second kappa shape index (κ2) is 6.65. The van der Waals surface area contributed by atoms with Crippen molar-refractivity contribution in [3.05, 3.63) is 58.1 Å². The third-order valence-electron chi connectivity index (χ3n) is 6.46. The van der Waals surface area contributed by atoms with Gasteiger partial charge >= 0.3 is 5.97 Å². The fraction of sp³-hybridized carbons (Fsp3) is 0.409. The summed E-state index contributed by atoms with van der Waals surface area (Å²) in [7, 11) is 0. The molecule has 0 spiro atoms. The van der Waals surface area contributed by atoms with E-state index >= 15 is 0 Å². The highest BCUT2D eigenvalue weighted by atomic mass is 35.5. The van der Waals surface area contributed by atoms with Crippen LogP contribution in [0.5, 0.6) is 0 Å². The minimum absolute atomic E-state index is 0.0599. The van der Waals surface area contributed by atoms with E-state index in [1.165, 1.54) is 6.33 Å². The molecule has 2 fully saturated rings. The quantitative estimate of drug-likeness (QED) is 0.407. The van der Waals surface area contributed by atoms with E-state index in [1.807, 2.05) is 32.2 Å². The molecule has 1 saturated heterocycles. The Hall–Kier alpha value is -2.19. The fourth-order valence-corrected chi connectivity index (χ4v) is 5.65. The summed E-state index contributed by atoms with van der Waals surface area (Å²) in [6, 6.07) is 7.17. The molecule has 4 heterocycles. The lowest BCUT2D eigenvalue weighted by atomic mass is 9.91. The zero-order valence-electron chi connectivity index (χ0n) is 16.8. The highest BCUT2D eigenvalue weighted by molar-refractivity contribution is 6.33. The molecule has 3 aliphatic rings. The van der Waals surface area contributed by atoms with Crippen molar-refractivity contribution >= 4 is 40.2 Å². The van der Waals surface area contributed by atoms with Crippen LogP contribution in [0.3, 0.4) is 0 Å². The smallest absolute Gasteiger partial charge is 0.339 e. The van der Waals surface area contributed by atoms with Crippen molar-refractivity contribution in [3.63, 3.8) is 0 Å². The summed E-state index contributed by atoms with van der Waals surface area (Å²) < 4.78 is 20.6. The number of esters is 1. The largest absolute Gasteiger partial charge is 0.453 e. The number of cyclic esters (lactones) is 1. The van der Waals surface area contributed by atoms with Crippen LogP contribution in [0.15, 0.2) is 36.8 Å². The molecule has 0 amide bonds. The van der Waals surface area contributed by atoms with E-state index in [2.05, 4.69) is 14.5 Å². The lowest BCUT2D eigenvalue weighted by Gasteiger charge is -2.26. The summed E-state index contributed by atoms with van der Waals surface area (Å²) in [5.74, 6) is -1.18. The van der Waals surface area contributed by atoms with Crippen molar-refractivity contribution in [1.29, 1.82) is 0 Å². The standard InChI is InChI=1S/C22H19Cl2N3O4/c1-22(2)30-17-14(16-11-4-3-10(23)7-13(11)21(28)29-16)8-15(18(17)31-22)27-6-5-12-19(24)25-9-26-20(12)27/h3-7,9,14-18H,8H2,1-2H3/t14-,15-,16-,17-,18+/m1/s1. The number of rotatable bonds is 2. The topological polar surface area (TPSA) is 75.5 Å². The Morgan fingerprint density at radius 2 is 1.94 bits per heavy atom. The Balaban J connectivity index is 1.43. The number of benzene rings is 1. The van der Waals surface area contributed by atoms with Gasteiger partial charge in [-0.1, -0.05) is 29.3 Å². The van der Waals surface area contributed by atoms with E-state index in [-0.39, 0.29) is 30.1 Å². The Kier molecular flexibility index (Phi) is 4.18. The molecule has 2 aliphatic heterocycles. The van der Waals surface area contributed by atoms with Gasteiger partial charge in [-0.15, -0.1) is 0 Å². The number of carbonyl (C=O) groups excluding carboxylic acids is 1. The van der Waals surface area contributed by atoms with Gasteiger partial charge in [0.25, 0.3) is 0 Å². The molecule has 7 nitrogen and oxygen atoms in total. The minimum Gasteiger partial charge on any atom is -0.453 e. The van der Waals surface area contributed by atoms with Crippen molar-refractivity contribution < 1.29 is 19.0 Å². The van der Waals surface area contributed by atoms with Gasteiger partial charge in [0, 0.05) is 22.7 Å². The van der Waals surface area contributed by atoms with Crippen LogP contribution in [0.1, 0.15) is 48.3 Å². The summed E-state index contributed by atoms with van der Waals surface area (Å²) in [5, 5.41) is 1.71. The summed E-state index contributed by atoms with van der Waals surface area (Å²) in [5.41, 5.74) is 2.10. The second-order valence-electron chi connectivity index (χ2n) is 8.71. The molecule has 5 atom stereocenters. The highest BCUT2D eigenvalue weighted by Crippen LogP contribution is 2.54. The Labute approximate surface area is 188 Å². The molecular formula is C22H19Cl2N3O4. The molecule has 1 aromatic carbocycles. The summed E-state index contributed by atoms with van der Waals surface area (Å²) in [6.45, 7) is 3.81. The number of nitrogens with zero attached hydrogens (tertiary/aromatic N) is 3. The number of hydrogen-bond donors (Lipinski definition) is 0. The first-order chi connectivity index (χ1) is 14.8. The number of fused-ring (bicyclic) bond motifs is 3. The van der Waals surface area contributed by atoms with Crippen LogP contribution >= 0.6 is 23.2 Å². The van der Waals surface area contributed by atoms with Gasteiger partial charge in [0.1, 0.15) is 29.3 Å². The molecule has 0 N–H and O–H groups in total. The van der Waals surface area contributed by atoms with Crippen molar-refractivity contribution in [2.24, 2.45) is 5.92 Å². The zero-order valence-corrected chi connectivity index (χ0v) is 18.3. The van der Waals surface area contributed by atoms with E-state index < -0.39 is 11.9 Å². The van der Waals surface area contributed by atoms with Gasteiger partial charge in [0.2, 0.25) is 0 Å². The van der Waals surface area contributed by atoms with Crippen LogP contribution in [0, 0.1) is 5.92 Å². The second-order valence-corrected chi connectivity index (χ2v) is 9.51. The van der Waals surface area contributed by atoms with E-state index in [1.54, 1.807) is 12.1 Å². The molecule has 3 aromatic rings. The third-order valence-corrected chi connectivity index (χ3v) is 7.00. The molecule has 0 unspecified atom stereocenters. The van der Waals surface area contributed by atoms with Crippen LogP contribution in [0.25, 0.3) is 11.0 Å². The maximum atomic E-state index is 12.5. The van der Waals surface area contributed by atoms with Crippen molar-refractivity contribution in [2.75, 3.05) is 0 Å². The van der Waals surface area contributed by atoms with Gasteiger partial charge in [-0.25, -0.2) is 14.8 Å². The van der Waals surface area contributed by atoms with Crippen molar-refractivity contribution in [1.82, 2.24) is 14.5 Å². The van der Waals surface area contributed by atoms with Crippen LogP contribution in [-0.4, -0.2) is 38.5 Å². The van der Waals surface area contributed by atoms with E-state index in [0.717, 1.165) is 16.6 Å². The van der Waals surface area contributed by atoms with E-state index in [4.69, 9.17) is 37.4 Å². The lowest BCUT2D eigenvalue weighted by molar-refractivity contribution is -0.164. The number of aromatic nitrogens is 3. The third kappa shape index (κ3) is 2.91. The van der Waals surface area contributed by atoms with Crippen molar-refractivity contribution in [3.8, 4) is 0 Å². The number of halogens is 2. The van der Waals surface area contributed by atoms with Crippen LogP contribution in [0.4, 0.5) is 0 Å². The number of carbonyl (C=O) groups is 1. The van der Waals surface area contributed by atoms with Crippen molar-refractivity contribution in [2.45, 2.75) is 50.4 Å². The van der Waals surface area contributed by atoms with Crippen LogP contribution < -0.4 is 0 Å². The average Bonchev–Trinajstić information content (AvgIpc) is 3.43. The van der Waals surface area contributed by atoms with Crippen LogP contribution in [-0.2, 0) is 14.2 Å². The van der Waals surface area contributed by atoms with E-state index in [0.29, 0.717) is 22.2 Å². The van der Waals surface area contributed by atoms with Gasteiger partial charge < -0.3 is 18.8 Å². The molecule has 6 rings (SSSR count). The molecule has 31 heavy (non-hydrogen) atoms. The van der Waals surface area contributed by atoms with Gasteiger partial charge in [-0.2, -0.15) is 0 Å². The maximum Gasteiger partial charge on any atom is 0.339 e. The van der Waals surface area contributed by atoms with E-state index in [9.17, 15) is 4.79 Å². The summed E-state index contributed by atoms with van der Waals surface area (Å²) in [4.78, 5) is 21.1. The monoisotopic (exact) mass is 459 g/mol. The first kappa shape index (κ1) is 19.5. The highest BCUT2D eigenvalue weighted by Gasteiger charge is 2.58. The number of hydrogen-bond acceptors (Lipinski definition) is 6. The normalized spacial score (nSPS) is 31.1. The molecule has 0 bridgehead atoms. The van der Waals surface area contributed by atoms with Gasteiger partial charge in [-0.3, -0.25) is 0 Å². The minimum atomic E-state index is -0.743. The zero-order chi connectivity index (χ0) is 21.5. The van der Waals surface area contributed by atoms with Crippen LogP contribution in [0.2, 0.25) is 10.2 Å². The Bertz CT molecular complexity index is 1230. The molecule has 1 aliphatic carbocycles. The predicted octanol–water partition coefficient (Wildman–Crippen LogP) is 4.73. The molecule has 160 valence electrons. The first-order valence-corrected chi connectivity index (χ1v) is 10.9. The molecule has 0 radical (unpaired) electrons. The summed E-state index contributed by atoms with van der Waals surface area (Å²) >= 11 is 12.4. The lowest BCUT2D eigenvalue weighted by Crippen LogP contribution is -2.29. The predicted molar refractivity (Wildman–Crippen MR) is 113 cm³/mol. The molecule has 9 heteroatoms. The average molecular weight is 460 g/mol. The van der Waals surface area contributed by atoms with Gasteiger partial charge in [0.05, 0.1) is 23.1 Å². The Morgan fingerprint density at radius 3 is 2.77 bits per heavy atom. The summed E-state index contributed by atoms with van der Waals surface area (Å²) in [6.07, 6.45) is 3.22. The maximum absolute atomic E-state index is 12.5. The molecule has 1 saturated carbocycles. The van der Waals surface area contributed by atoms with Gasteiger partial charge in [-0.05, 0) is 38.5 Å². The molecule has 2 aromatic heterocycles.